The number of amides is 1. The van der Waals surface area contributed by atoms with Gasteiger partial charge in [0.15, 0.2) is 0 Å². The lowest BCUT2D eigenvalue weighted by Gasteiger charge is -2.18. The van der Waals surface area contributed by atoms with Crippen LogP contribution in [0.1, 0.15) is 29.8 Å². The molecule has 1 amide bonds. The third kappa shape index (κ3) is 4.16. The highest BCUT2D eigenvalue weighted by atomic mass is 16.4. The first kappa shape index (κ1) is 16.7. The van der Waals surface area contributed by atoms with E-state index in [2.05, 4.69) is 10.3 Å². The van der Waals surface area contributed by atoms with Crippen molar-refractivity contribution in [2.45, 2.75) is 26.8 Å². The van der Waals surface area contributed by atoms with Crippen molar-refractivity contribution in [2.24, 2.45) is 5.92 Å². The molecule has 0 spiro atoms. The molecule has 0 saturated carbocycles. The van der Waals surface area contributed by atoms with E-state index in [1.54, 1.807) is 26.1 Å². The number of carbonyl (C=O) groups excluding carboxylic acids is 1. The molecule has 0 radical (unpaired) electrons. The van der Waals surface area contributed by atoms with Crippen molar-refractivity contribution < 1.29 is 14.7 Å². The van der Waals surface area contributed by atoms with Crippen LogP contribution in [0.25, 0.3) is 11.1 Å². The van der Waals surface area contributed by atoms with Crippen LogP contribution < -0.4 is 5.32 Å². The van der Waals surface area contributed by atoms with Crippen molar-refractivity contribution in [3.05, 3.63) is 53.9 Å². The number of aryl methyl sites for hydroxylation is 1. The van der Waals surface area contributed by atoms with E-state index in [4.69, 9.17) is 5.11 Å². The Morgan fingerprint density at radius 3 is 2.30 bits per heavy atom. The second-order valence-corrected chi connectivity index (χ2v) is 5.86. The van der Waals surface area contributed by atoms with Crippen LogP contribution in [0.4, 0.5) is 0 Å². The van der Waals surface area contributed by atoms with Gasteiger partial charge in [0.05, 0.1) is 5.56 Å². The Morgan fingerprint density at radius 2 is 1.74 bits per heavy atom. The number of nitrogens with one attached hydrogen (secondary N) is 1. The van der Waals surface area contributed by atoms with Crippen LogP contribution in [0.5, 0.6) is 0 Å². The van der Waals surface area contributed by atoms with Gasteiger partial charge in [-0.2, -0.15) is 0 Å². The molecule has 120 valence electrons. The Bertz CT molecular complexity index is 708. The summed E-state index contributed by atoms with van der Waals surface area (Å²) in [5, 5.41) is 11.7. The van der Waals surface area contributed by atoms with Crippen LogP contribution in [0, 0.1) is 12.8 Å². The molecule has 1 aromatic carbocycles. The van der Waals surface area contributed by atoms with Gasteiger partial charge in [-0.1, -0.05) is 43.7 Å². The zero-order chi connectivity index (χ0) is 17.0. The monoisotopic (exact) mass is 312 g/mol. The van der Waals surface area contributed by atoms with Gasteiger partial charge < -0.3 is 10.4 Å². The lowest BCUT2D eigenvalue weighted by Crippen LogP contribution is -2.44. The summed E-state index contributed by atoms with van der Waals surface area (Å²) < 4.78 is 0. The molecule has 23 heavy (non-hydrogen) atoms. The number of carboxylic acids is 1. The van der Waals surface area contributed by atoms with E-state index in [0.717, 1.165) is 16.7 Å². The van der Waals surface area contributed by atoms with Crippen LogP contribution in [-0.2, 0) is 4.79 Å². The standard InChI is InChI=1S/C18H20N2O3/c1-11(2)16(18(22)23)20-17(21)15-8-14(9-19-10-15)13-6-4-12(3)5-7-13/h4-11,16H,1-3H3,(H,20,21)(H,22,23)/t16-/m0/s1. The lowest BCUT2D eigenvalue weighted by atomic mass is 10.0. The summed E-state index contributed by atoms with van der Waals surface area (Å²) >= 11 is 0. The number of hydrogen-bond acceptors (Lipinski definition) is 3. The van der Waals surface area contributed by atoms with Crippen molar-refractivity contribution in [3.63, 3.8) is 0 Å². The summed E-state index contributed by atoms with van der Waals surface area (Å²) in [5.41, 5.74) is 3.26. The Labute approximate surface area is 135 Å². The normalized spacial score (nSPS) is 12.0. The molecule has 1 heterocycles. The Balaban J connectivity index is 2.23. The molecular weight excluding hydrogens is 292 g/mol. The zero-order valence-corrected chi connectivity index (χ0v) is 13.4. The number of aromatic nitrogens is 1. The molecule has 1 aromatic heterocycles. The molecule has 1 atom stereocenters. The van der Waals surface area contributed by atoms with Gasteiger partial charge in [-0.05, 0) is 24.5 Å². The number of benzene rings is 1. The zero-order valence-electron chi connectivity index (χ0n) is 13.4. The Kier molecular flexibility index (Phi) is 5.11. The summed E-state index contributed by atoms with van der Waals surface area (Å²) in [6, 6.07) is 8.68. The van der Waals surface area contributed by atoms with Crippen LogP contribution >= 0.6 is 0 Å². The molecular formula is C18H20N2O3. The SMILES string of the molecule is Cc1ccc(-c2cncc(C(=O)N[C@H](C(=O)O)C(C)C)c2)cc1. The smallest absolute Gasteiger partial charge is 0.326 e. The predicted molar refractivity (Wildman–Crippen MR) is 88.1 cm³/mol. The first-order valence-corrected chi connectivity index (χ1v) is 7.44. The largest absolute Gasteiger partial charge is 0.480 e. The number of carboxylic acid groups (broad SMARTS) is 1. The van der Waals surface area contributed by atoms with Gasteiger partial charge in [0.1, 0.15) is 6.04 Å². The quantitative estimate of drug-likeness (QED) is 0.889. The molecule has 5 heteroatoms. The maximum atomic E-state index is 12.3. The molecule has 0 unspecified atom stereocenters. The topological polar surface area (TPSA) is 79.3 Å². The minimum Gasteiger partial charge on any atom is -0.480 e. The number of rotatable bonds is 5. The minimum atomic E-state index is -1.05. The number of pyridine rings is 1. The van der Waals surface area contributed by atoms with Gasteiger partial charge in [0, 0.05) is 18.0 Å². The van der Waals surface area contributed by atoms with Crippen molar-refractivity contribution >= 4 is 11.9 Å². The number of hydrogen-bond donors (Lipinski definition) is 2. The number of carbonyl (C=O) groups is 2. The van der Waals surface area contributed by atoms with Crippen molar-refractivity contribution in [1.82, 2.24) is 10.3 Å². The highest BCUT2D eigenvalue weighted by Crippen LogP contribution is 2.20. The van der Waals surface area contributed by atoms with E-state index in [0.29, 0.717) is 5.56 Å². The molecule has 5 nitrogen and oxygen atoms in total. The van der Waals surface area contributed by atoms with Crippen molar-refractivity contribution in [3.8, 4) is 11.1 Å². The second-order valence-electron chi connectivity index (χ2n) is 5.86. The van der Waals surface area contributed by atoms with Crippen molar-refractivity contribution in [1.29, 1.82) is 0 Å². The molecule has 0 aliphatic rings. The van der Waals surface area contributed by atoms with Gasteiger partial charge >= 0.3 is 5.97 Å². The fraction of sp³-hybridized carbons (Fsp3) is 0.278. The Hall–Kier alpha value is -2.69. The third-order valence-corrected chi connectivity index (χ3v) is 3.60. The first-order valence-electron chi connectivity index (χ1n) is 7.44. The van der Waals surface area contributed by atoms with E-state index in [1.165, 1.54) is 6.20 Å². The van der Waals surface area contributed by atoms with Gasteiger partial charge in [0.2, 0.25) is 0 Å². The molecule has 0 aliphatic carbocycles. The van der Waals surface area contributed by atoms with E-state index < -0.39 is 17.9 Å². The average molecular weight is 312 g/mol. The molecule has 2 rings (SSSR count). The van der Waals surface area contributed by atoms with Crippen LogP contribution in [0.3, 0.4) is 0 Å². The maximum absolute atomic E-state index is 12.3. The molecule has 0 saturated heterocycles. The minimum absolute atomic E-state index is 0.204. The van der Waals surface area contributed by atoms with E-state index in [-0.39, 0.29) is 5.92 Å². The van der Waals surface area contributed by atoms with Gasteiger partial charge in [-0.25, -0.2) is 4.79 Å². The molecule has 2 N–H and O–H groups in total. The van der Waals surface area contributed by atoms with E-state index in [1.807, 2.05) is 31.2 Å². The summed E-state index contributed by atoms with van der Waals surface area (Å²) in [5.74, 6) is -1.69. The average Bonchev–Trinajstić information content (AvgIpc) is 2.52. The summed E-state index contributed by atoms with van der Waals surface area (Å²) in [7, 11) is 0. The summed E-state index contributed by atoms with van der Waals surface area (Å²) in [4.78, 5) is 27.6. The predicted octanol–water partition coefficient (Wildman–Crippen LogP) is 2.90. The maximum Gasteiger partial charge on any atom is 0.326 e. The van der Waals surface area contributed by atoms with Crippen LogP contribution in [0.2, 0.25) is 0 Å². The van der Waals surface area contributed by atoms with Crippen LogP contribution in [0.15, 0.2) is 42.7 Å². The third-order valence-electron chi connectivity index (χ3n) is 3.60. The first-order chi connectivity index (χ1) is 10.9. The lowest BCUT2D eigenvalue weighted by molar-refractivity contribution is -0.140. The molecule has 0 aliphatic heterocycles. The van der Waals surface area contributed by atoms with Crippen LogP contribution in [-0.4, -0.2) is 28.0 Å². The number of aliphatic carboxylic acids is 1. The van der Waals surface area contributed by atoms with E-state index >= 15 is 0 Å². The highest BCUT2D eigenvalue weighted by Gasteiger charge is 2.24. The Morgan fingerprint density at radius 1 is 1.09 bits per heavy atom. The number of nitrogens with zero attached hydrogens (tertiary/aromatic N) is 1. The molecule has 0 fully saturated rings. The van der Waals surface area contributed by atoms with Gasteiger partial charge in [-0.3, -0.25) is 9.78 Å². The van der Waals surface area contributed by atoms with Gasteiger partial charge in [0.25, 0.3) is 5.91 Å². The summed E-state index contributed by atoms with van der Waals surface area (Å²) in [6.45, 7) is 5.50. The fourth-order valence-corrected chi connectivity index (χ4v) is 2.21. The molecule has 0 bridgehead atoms. The second kappa shape index (κ2) is 7.05. The summed E-state index contributed by atoms with van der Waals surface area (Å²) in [6.07, 6.45) is 3.12. The molecule has 2 aromatic rings. The fourth-order valence-electron chi connectivity index (χ4n) is 2.21. The van der Waals surface area contributed by atoms with E-state index in [9.17, 15) is 9.59 Å². The van der Waals surface area contributed by atoms with Crippen molar-refractivity contribution in [2.75, 3.05) is 0 Å². The van der Waals surface area contributed by atoms with Gasteiger partial charge in [-0.15, -0.1) is 0 Å². The highest BCUT2D eigenvalue weighted by molar-refractivity contribution is 5.97.